The third kappa shape index (κ3) is 2.90. The molecule has 92 valence electrons. The predicted molar refractivity (Wildman–Crippen MR) is 62.4 cm³/mol. The molecule has 0 spiro atoms. The van der Waals surface area contributed by atoms with Crippen molar-refractivity contribution < 1.29 is 9.72 Å². The van der Waals surface area contributed by atoms with Gasteiger partial charge in [-0.1, -0.05) is 6.92 Å². The Morgan fingerprint density at radius 1 is 1.65 bits per heavy atom. The number of nitro groups is 1. The lowest BCUT2D eigenvalue weighted by atomic mass is 9.98. The molecule has 0 aliphatic heterocycles. The van der Waals surface area contributed by atoms with Crippen molar-refractivity contribution in [1.82, 2.24) is 4.98 Å². The number of aromatic nitrogens is 1. The van der Waals surface area contributed by atoms with Gasteiger partial charge in [0, 0.05) is 6.07 Å². The summed E-state index contributed by atoms with van der Waals surface area (Å²) in [6.45, 7) is 3.46. The zero-order valence-electron chi connectivity index (χ0n) is 9.64. The van der Waals surface area contributed by atoms with Crippen LogP contribution in [0.25, 0.3) is 0 Å². The summed E-state index contributed by atoms with van der Waals surface area (Å²) in [6, 6.07) is 2.75. The first-order valence-electron chi connectivity index (χ1n) is 5.07. The number of anilines is 1. The standard InChI is InChI=1S/C10H14N4O3/c1-3-10(2,9(11)15)13-8-5-4-7(6-12-8)14(16)17/h4-6H,3H2,1-2H3,(H2,11,15)(H,12,13). The van der Waals surface area contributed by atoms with Crippen LogP contribution in [-0.2, 0) is 4.79 Å². The second-order valence-electron chi connectivity index (χ2n) is 3.83. The van der Waals surface area contributed by atoms with Gasteiger partial charge < -0.3 is 11.1 Å². The van der Waals surface area contributed by atoms with Gasteiger partial charge in [0.1, 0.15) is 17.6 Å². The maximum absolute atomic E-state index is 11.3. The Labute approximate surface area is 98.2 Å². The summed E-state index contributed by atoms with van der Waals surface area (Å²) in [5, 5.41) is 13.3. The minimum atomic E-state index is -0.914. The first kappa shape index (κ1) is 12.9. The van der Waals surface area contributed by atoms with Crippen LogP contribution in [-0.4, -0.2) is 21.4 Å². The van der Waals surface area contributed by atoms with Crippen LogP contribution in [0.2, 0.25) is 0 Å². The van der Waals surface area contributed by atoms with Crippen molar-refractivity contribution in [2.24, 2.45) is 5.73 Å². The molecule has 1 unspecified atom stereocenters. The van der Waals surface area contributed by atoms with E-state index in [1.807, 2.05) is 6.92 Å². The van der Waals surface area contributed by atoms with Crippen LogP contribution in [0.15, 0.2) is 18.3 Å². The van der Waals surface area contributed by atoms with E-state index in [2.05, 4.69) is 10.3 Å². The van der Waals surface area contributed by atoms with Crippen LogP contribution in [0.5, 0.6) is 0 Å². The van der Waals surface area contributed by atoms with Crippen molar-refractivity contribution in [3.05, 3.63) is 28.4 Å². The lowest BCUT2D eigenvalue weighted by Crippen LogP contribution is -2.47. The molecule has 0 aromatic carbocycles. The Bertz CT molecular complexity index is 432. The van der Waals surface area contributed by atoms with E-state index in [-0.39, 0.29) is 5.69 Å². The number of hydrogen-bond acceptors (Lipinski definition) is 5. The molecule has 1 aromatic heterocycles. The minimum Gasteiger partial charge on any atom is -0.368 e. The average Bonchev–Trinajstić information content (AvgIpc) is 2.29. The highest BCUT2D eigenvalue weighted by Crippen LogP contribution is 2.18. The molecule has 1 rings (SSSR count). The maximum Gasteiger partial charge on any atom is 0.287 e. The number of nitrogens with zero attached hydrogens (tertiary/aromatic N) is 2. The summed E-state index contributed by atoms with van der Waals surface area (Å²) in [4.78, 5) is 25.0. The molecule has 1 atom stereocenters. The largest absolute Gasteiger partial charge is 0.368 e. The number of carbonyl (C=O) groups is 1. The summed E-state index contributed by atoms with van der Waals surface area (Å²) in [6.07, 6.45) is 1.61. The molecule has 0 radical (unpaired) electrons. The molecule has 1 aromatic rings. The smallest absolute Gasteiger partial charge is 0.287 e. The first-order chi connectivity index (χ1) is 7.89. The van der Waals surface area contributed by atoms with Gasteiger partial charge in [-0.25, -0.2) is 4.98 Å². The van der Waals surface area contributed by atoms with Crippen molar-refractivity contribution in [1.29, 1.82) is 0 Å². The molecule has 0 saturated carbocycles. The second-order valence-corrected chi connectivity index (χ2v) is 3.83. The fourth-order valence-electron chi connectivity index (χ4n) is 1.17. The molecule has 17 heavy (non-hydrogen) atoms. The molecule has 0 aliphatic carbocycles. The SMILES string of the molecule is CCC(C)(Nc1ccc([N+](=O)[O-])cn1)C(N)=O. The first-order valence-corrected chi connectivity index (χ1v) is 5.07. The molecular formula is C10H14N4O3. The number of nitrogens with one attached hydrogen (secondary N) is 1. The van der Waals surface area contributed by atoms with Crippen molar-refractivity contribution >= 4 is 17.4 Å². The summed E-state index contributed by atoms with van der Waals surface area (Å²) in [7, 11) is 0. The van der Waals surface area contributed by atoms with Gasteiger partial charge in [-0.3, -0.25) is 14.9 Å². The third-order valence-corrected chi connectivity index (χ3v) is 2.61. The number of primary amides is 1. The quantitative estimate of drug-likeness (QED) is 0.588. The van der Waals surface area contributed by atoms with Crippen LogP contribution >= 0.6 is 0 Å². The summed E-state index contributed by atoms with van der Waals surface area (Å²) in [5.41, 5.74) is 4.25. The van der Waals surface area contributed by atoms with Gasteiger partial charge in [0.05, 0.1) is 4.92 Å². The summed E-state index contributed by atoms with van der Waals surface area (Å²) >= 11 is 0. The third-order valence-electron chi connectivity index (χ3n) is 2.61. The van der Waals surface area contributed by atoms with Gasteiger partial charge in [-0.15, -0.1) is 0 Å². The topological polar surface area (TPSA) is 111 Å². The molecule has 1 heterocycles. The van der Waals surface area contributed by atoms with E-state index in [1.54, 1.807) is 6.92 Å². The Morgan fingerprint density at radius 3 is 2.65 bits per heavy atom. The lowest BCUT2D eigenvalue weighted by Gasteiger charge is -2.26. The van der Waals surface area contributed by atoms with Crippen molar-refractivity contribution in [2.45, 2.75) is 25.8 Å². The van der Waals surface area contributed by atoms with Gasteiger partial charge in [0.15, 0.2) is 0 Å². The van der Waals surface area contributed by atoms with E-state index in [0.29, 0.717) is 12.2 Å². The van der Waals surface area contributed by atoms with E-state index in [4.69, 9.17) is 5.73 Å². The number of amides is 1. The van der Waals surface area contributed by atoms with Gasteiger partial charge in [0.2, 0.25) is 5.91 Å². The molecule has 7 nitrogen and oxygen atoms in total. The fourth-order valence-corrected chi connectivity index (χ4v) is 1.17. The van der Waals surface area contributed by atoms with E-state index < -0.39 is 16.4 Å². The normalized spacial score (nSPS) is 13.8. The lowest BCUT2D eigenvalue weighted by molar-refractivity contribution is -0.385. The molecule has 1 amide bonds. The molecule has 0 aliphatic rings. The van der Waals surface area contributed by atoms with Crippen LogP contribution < -0.4 is 11.1 Å². The van der Waals surface area contributed by atoms with Crippen molar-refractivity contribution in [2.75, 3.05) is 5.32 Å². The molecule has 0 bridgehead atoms. The Hall–Kier alpha value is -2.18. The number of hydrogen-bond donors (Lipinski definition) is 2. The average molecular weight is 238 g/mol. The van der Waals surface area contributed by atoms with E-state index in [1.165, 1.54) is 12.1 Å². The van der Waals surface area contributed by atoms with E-state index >= 15 is 0 Å². The van der Waals surface area contributed by atoms with Crippen molar-refractivity contribution in [3.63, 3.8) is 0 Å². The highest BCUT2D eigenvalue weighted by Gasteiger charge is 2.29. The summed E-state index contributed by atoms with van der Waals surface area (Å²) in [5.74, 6) is -0.126. The second kappa shape index (κ2) is 4.77. The molecular weight excluding hydrogens is 224 g/mol. The molecule has 0 saturated heterocycles. The van der Waals surface area contributed by atoms with Gasteiger partial charge >= 0.3 is 0 Å². The van der Waals surface area contributed by atoms with Crippen LogP contribution in [0.3, 0.4) is 0 Å². The zero-order valence-corrected chi connectivity index (χ0v) is 9.64. The Kier molecular flexibility index (Phi) is 3.62. The van der Waals surface area contributed by atoms with Gasteiger partial charge in [-0.05, 0) is 19.4 Å². The number of carbonyl (C=O) groups excluding carboxylic acids is 1. The summed E-state index contributed by atoms with van der Waals surface area (Å²) < 4.78 is 0. The van der Waals surface area contributed by atoms with Gasteiger partial charge in [0.25, 0.3) is 5.69 Å². The van der Waals surface area contributed by atoms with Crippen LogP contribution in [0.4, 0.5) is 11.5 Å². The molecule has 0 fully saturated rings. The predicted octanol–water partition coefficient (Wildman–Crippen LogP) is 1.06. The Morgan fingerprint density at radius 2 is 2.29 bits per heavy atom. The maximum atomic E-state index is 11.3. The monoisotopic (exact) mass is 238 g/mol. The zero-order chi connectivity index (χ0) is 13.1. The highest BCUT2D eigenvalue weighted by molar-refractivity contribution is 5.87. The molecule has 7 heteroatoms. The van der Waals surface area contributed by atoms with Crippen molar-refractivity contribution in [3.8, 4) is 0 Å². The number of rotatable bonds is 5. The fraction of sp³-hybridized carbons (Fsp3) is 0.400. The number of nitrogens with two attached hydrogens (primary N) is 1. The molecule has 3 N–H and O–H groups in total. The number of pyridine rings is 1. The Balaban J connectivity index is 2.88. The van der Waals surface area contributed by atoms with Crippen LogP contribution in [0, 0.1) is 10.1 Å². The highest BCUT2D eigenvalue weighted by atomic mass is 16.6. The van der Waals surface area contributed by atoms with Crippen LogP contribution in [0.1, 0.15) is 20.3 Å². The van der Waals surface area contributed by atoms with Gasteiger partial charge in [-0.2, -0.15) is 0 Å². The van der Waals surface area contributed by atoms with E-state index in [0.717, 1.165) is 6.20 Å². The van der Waals surface area contributed by atoms with E-state index in [9.17, 15) is 14.9 Å². The minimum absolute atomic E-state index is 0.104.